The second kappa shape index (κ2) is 30.8. The van der Waals surface area contributed by atoms with Crippen molar-refractivity contribution in [2.75, 3.05) is 52.9 Å². The van der Waals surface area contributed by atoms with Gasteiger partial charge in [0.25, 0.3) is 0 Å². The zero-order chi connectivity index (χ0) is 78.6. The van der Waals surface area contributed by atoms with Gasteiger partial charge < -0.3 is 54.3 Å². The predicted octanol–water partition coefficient (Wildman–Crippen LogP) is 21.2. The van der Waals surface area contributed by atoms with Gasteiger partial charge in [0.05, 0.1) is 39.6 Å². The Hall–Kier alpha value is -7.96. The van der Waals surface area contributed by atoms with Crippen LogP contribution >= 0.6 is 0 Å². The summed E-state index contributed by atoms with van der Waals surface area (Å²) < 4.78 is 32.8. The summed E-state index contributed by atoms with van der Waals surface area (Å²) in [7, 11) is 0. The van der Waals surface area contributed by atoms with E-state index < -0.39 is 0 Å². The number of phenols is 6. The molecule has 2 aliphatic rings. The van der Waals surface area contributed by atoms with Gasteiger partial charge in [0, 0.05) is 51.4 Å². The van der Waals surface area contributed by atoms with Crippen LogP contribution in [0.5, 0.6) is 46.0 Å². The standard InChI is InChI=1S/C96H126O11/c1-89(2,3)73-41-57-33-58-42-74(90(4,5)6)44-60(82(58)98)35-62-46-76(92(10,11)12)50-66(84(62)100)38-70-54-80(96(22,23)24)56-72-40-68-52-78(94(16,17)18)48-64(86(68)102)36-63-47-77(93(13,14)15)51-67(85(63)101)39-71-55-79(95(19,20)21)53-69(87(71)106-31-29-104-27-25-103-26-28-105-30-32-107-88(70)72)37-65-49-75(91(7,8)9)45-61(83(65)99)34-59(43-73)81(57)97/h41-56,97-102H,25-40H2,1-24H3. The van der Waals surface area contributed by atoms with Crippen LogP contribution in [0.1, 0.15) is 300 Å². The zero-order valence-electron chi connectivity index (χ0n) is 69.3. The molecule has 1 aliphatic heterocycles. The van der Waals surface area contributed by atoms with Crippen molar-refractivity contribution in [3.63, 3.8) is 0 Å². The average molecular weight is 1460 g/mol. The normalized spacial score (nSPS) is 15.5. The highest BCUT2D eigenvalue weighted by molar-refractivity contribution is 5.62. The summed E-state index contributed by atoms with van der Waals surface area (Å²) in [6.07, 6.45) is 1.91. The van der Waals surface area contributed by atoms with Crippen LogP contribution in [0.25, 0.3) is 0 Å². The van der Waals surface area contributed by atoms with Gasteiger partial charge >= 0.3 is 0 Å². The van der Waals surface area contributed by atoms with Crippen molar-refractivity contribution in [1.29, 1.82) is 0 Å². The summed E-state index contributed by atoms with van der Waals surface area (Å²) in [6.45, 7) is 54.6. The van der Waals surface area contributed by atoms with Crippen LogP contribution < -0.4 is 9.47 Å². The molecule has 0 spiro atoms. The highest BCUT2D eigenvalue weighted by Crippen LogP contribution is 2.47. The first kappa shape index (κ1) is 81.6. The first-order chi connectivity index (χ1) is 49.5. The number of hydrogen-bond donors (Lipinski definition) is 6. The van der Waals surface area contributed by atoms with E-state index in [4.69, 9.17) is 23.7 Å². The number of aromatic hydroxyl groups is 6. The predicted molar refractivity (Wildman–Crippen MR) is 437 cm³/mol. The Morgan fingerprint density at radius 2 is 0.290 bits per heavy atom. The minimum atomic E-state index is -0.368. The van der Waals surface area contributed by atoms with Crippen LogP contribution in [0.3, 0.4) is 0 Å². The average Bonchev–Trinajstić information content (AvgIpc) is 0.774. The molecule has 8 aromatic rings. The van der Waals surface area contributed by atoms with Crippen molar-refractivity contribution < 1.29 is 54.3 Å². The molecular formula is C96H126O11. The van der Waals surface area contributed by atoms with Gasteiger partial charge in [0.1, 0.15) is 59.2 Å². The zero-order valence-corrected chi connectivity index (χ0v) is 69.3. The summed E-state index contributed by atoms with van der Waals surface area (Å²) in [5.41, 5.74) is 16.7. The molecule has 1 heterocycles. The fourth-order valence-electron chi connectivity index (χ4n) is 14.6. The Kier molecular flexibility index (Phi) is 23.5. The van der Waals surface area contributed by atoms with Gasteiger partial charge in [-0.1, -0.05) is 263 Å². The summed E-state index contributed by atoms with van der Waals surface area (Å²) in [4.78, 5) is 0. The maximum Gasteiger partial charge on any atom is 0.126 e. The highest BCUT2D eigenvalue weighted by atomic mass is 16.6. The van der Waals surface area contributed by atoms with E-state index in [-0.39, 0.29) is 156 Å². The molecule has 0 saturated carbocycles. The number of phenolic OH excluding ortho intramolecular Hbond substituents is 6. The molecule has 11 nitrogen and oxygen atoms in total. The van der Waals surface area contributed by atoms with Crippen LogP contribution in [0.4, 0.5) is 0 Å². The van der Waals surface area contributed by atoms with Gasteiger partial charge in [-0.05, 0) is 177 Å². The topological polar surface area (TPSA) is 168 Å². The van der Waals surface area contributed by atoms with Crippen molar-refractivity contribution in [2.24, 2.45) is 0 Å². The highest BCUT2D eigenvalue weighted by Gasteiger charge is 2.32. The van der Waals surface area contributed by atoms with Gasteiger partial charge in [-0.3, -0.25) is 0 Å². The fraction of sp³-hybridized carbons (Fsp3) is 0.500. The number of hydrogen-bond acceptors (Lipinski definition) is 11. The summed E-state index contributed by atoms with van der Waals surface area (Å²) >= 11 is 0. The van der Waals surface area contributed by atoms with Gasteiger partial charge in [-0.25, -0.2) is 0 Å². The Balaban J connectivity index is 1.31. The van der Waals surface area contributed by atoms with Gasteiger partial charge in [0.2, 0.25) is 0 Å². The third kappa shape index (κ3) is 19.4. The van der Waals surface area contributed by atoms with E-state index in [1.165, 1.54) is 0 Å². The molecule has 0 fully saturated rings. The van der Waals surface area contributed by atoms with Crippen molar-refractivity contribution in [3.8, 4) is 46.0 Å². The van der Waals surface area contributed by atoms with Gasteiger partial charge in [0.15, 0.2) is 0 Å². The molecule has 18 bridgehead atoms. The number of fused-ring (bicyclic) bond motifs is 8. The van der Waals surface area contributed by atoms with E-state index in [1.54, 1.807) is 0 Å². The molecule has 1 aliphatic carbocycles. The first-order valence-electron chi connectivity index (χ1n) is 39.0. The molecule has 0 aromatic heterocycles. The Bertz CT molecular complexity index is 4290. The molecule has 8 aromatic carbocycles. The van der Waals surface area contributed by atoms with E-state index in [0.717, 1.165) is 66.8 Å². The Morgan fingerprint density at radius 3 is 0.421 bits per heavy atom. The Morgan fingerprint density at radius 1 is 0.178 bits per heavy atom. The molecule has 0 atom stereocenters. The van der Waals surface area contributed by atoms with Crippen molar-refractivity contribution in [2.45, 2.75) is 261 Å². The number of benzene rings is 8. The largest absolute Gasteiger partial charge is 0.507 e. The van der Waals surface area contributed by atoms with Crippen LogP contribution in [-0.4, -0.2) is 83.5 Å². The van der Waals surface area contributed by atoms with E-state index >= 15 is 0 Å². The summed E-state index contributed by atoms with van der Waals surface area (Å²) in [6, 6.07) is 34.0. The van der Waals surface area contributed by atoms with Crippen LogP contribution in [0.2, 0.25) is 0 Å². The van der Waals surface area contributed by atoms with Crippen LogP contribution in [-0.2, 0) is 109 Å². The molecule has 107 heavy (non-hydrogen) atoms. The molecule has 11 heteroatoms. The molecule has 0 saturated heterocycles. The molecule has 0 unspecified atom stereocenters. The second-order valence-corrected chi connectivity index (χ2v) is 39.1. The number of rotatable bonds is 0. The summed E-state index contributed by atoms with van der Waals surface area (Å²) in [5, 5.41) is 78.8. The van der Waals surface area contributed by atoms with Crippen LogP contribution in [0, 0.1) is 0 Å². The van der Waals surface area contributed by atoms with E-state index in [0.29, 0.717) is 105 Å². The second-order valence-electron chi connectivity index (χ2n) is 39.1. The molecule has 0 amide bonds. The SMILES string of the molecule is CC(C)(C)c1cc2c(O)c(c1)Cc1cc(C(C)(C)C)cc(c1O)Cc1cc(C(C)(C)C)cc3c1OCCOCCOCCOCCOc1c(cc(C(C)(C)C)cc1Cc1cc(C(C)(C)C)cc(c1O)Cc1cc(C(C)(C)C)cc(c1O)C3)Cc1cc(C(C)(C)C)cc(c1O)Cc1cc(C(C)(C)C)cc(c1O)C2. The lowest BCUT2D eigenvalue weighted by Crippen LogP contribution is -2.18. The Labute approximate surface area is 641 Å². The van der Waals surface area contributed by atoms with Gasteiger partial charge in [-0.15, -0.1) is 0 Å². The third-order valence-electron chi connectivity index (χ3n) is 21.8. The molecule has 10 rings (SSSR count). The molecule has 576 valence electrons. The monoisotopic (exact) mass is 1450 g/mol. The first-order valence-corrected chi connectivity index (χ1v) is 39.0. The minimum Gasteiger partial charge on any atom is -0.507 e. The number of ether oxygens (including phenoxy) is 5. The maximum atomic E-state index is 13.2. The minimum absolute atomic E-state index is 0.0913. The third-order valence-corrected chi connectivity index (χ3v) is 21.8. The lowest BCUT2D eigenvalue weighted by atomic mass is 9.79. The van der Waals surface area contributed by atoms with E-state index in [9.17, 15) is 30.6 Å². The molecule has 6 N–H and O–H groups in total. The fourth-order valence-corrected chi connectivity index (χ4v) is 14.6. The molecular weight excluding hydrogens is 1330 g/mol. The lowest BCUT2D eigenvalue weighted by molar-refractivity contribution is 0.00484. The summed E-state index contributed by atoms with van der Waals surface area (Å²) in [5.74, 6) is 1.95. The molecule has 0 radical (unpaired) electrons. The van der Waals surface area contributed by atoms with Gasteiger partial charge in [-0.2, -0.15) is 0 Å². The van der Waals surface area contributed by atoms with Crippen molar-refractivity contribution in [3.05, 3.63) is 231 Å². The van der Waals surface area contributed by atoms with Crippen molar-refractivity contribution in [1.82, 2.24) is 0 Å². The van der Waals surface area contributed by atoms with E-state index in [2.05, 4.69) is 263 Å². The maximum absolute atomic E-state index is 13.2. The smallest absolute Gasteiger partial charge is 0.126 e. The van der Waals surface area contributed by atoms with Crippen molar-refractivity contribution >= 4 is 0 Å². The lowest BCUT2D eigenvalue weighted by Gasteiger charge is -2.27. The van der Waals surface area contributed by atoms with Crippen LogP contribution in [0.15, 0.2) is 97.1 Å². The quantitative estimate of drug-likeness (QED) is 0.0855. The van der Waals surface area contributed by atoms with E-state index in [1.807, 2.05) is 0 Å².